The molecular formula is C12H15FN2O2S. The first-order chi connectivity index (χ1) is 8.52. The van der Waals surface area contributed by atoms with Crippen molar-refractivity contribution in [2.75, 3.05) is 11.1 Å². The minimum Gasteiger partial charge on any atom is -0.369 e. The lowest BCUT2D eigenvalue weighted by atomic mass is 10.3. The van der Waals surface area contributed by atoms with Crippen LogP contribution in [0.2, 0.25) is 0 Å². The van der Waals surface area contributed by atoms with E-state index in [0.29, 0.717) is 12.1 Å². The summed E-state index contributed by atoms with van der Waals surface area (Å²) in [7, 11) is 0. The second kappa shape index (κ2) is 7.00. The Hall–Kier alpha value is -1.56. The van der Waals surface area contributed by atoms with Crippen molar-refractivity contribution < 1.29 is 14.0 Å². The third kappa shape index (κ3) is 4.75. The molecule has 6 heteroatoms. The summed E-state index contributed by atoms with van der Waals surface area (Å²) in [5, 5.41) is 2.25. The van der Waals surface area contributed by atoms with Crippen molar-refractivity contribution in [3.8, 4) is 0 Å². The highest BCUT2D eigenvalue weighted by molar-refractivity contribution is 8.01. The summed E-state index contributed by atoms with van der Waals surface area (Å²) in [6.07, 6.45) is 0.587. The van der Waals surface area contributed by atoms with E-state index in [1.165, 1.54) is 36.0 Å². The fourth-order valence-electron chi connectivity index (χ4n) is 1.31. The van der Waals surface area contributed by atoms with Crippen molar-refractivity contribution in [1.29, 1.82) is 0 Å². The van der Waals surface area contributed by atoms with Gasteiger partial charge in [-0.15, -0.1) is 11.8 Å². The molecule has 1 atom stereocenters. The van der Waals surface area contributed by atoms with E-state index in [9.17, 15) is 14.0 Å². The molecule has 0 heterocycles. The molecule has 4 nitrogen and oxygen atoms in total. The van der Waals surface area contributed by atoms with Crippen LogP contribution in [0, 0.1) is 5.82 Å². The number of nitrogens with two attached hydrogens (primary N) is 1. The number of anilines is 1. The number of halogens is 1. The maximum absolute atomic E-state index is 12.6. The monoisotopic (exact) mass is 270 g/mol. The van der Waals surface area contributed by atoms with Crippen LogP contribution in [-0.2, 0) is 9.59 Å². The zero-order chi connectivity index (χ0) is 13.5. The van der Waals surface area contributed by atoms with E-state index in [1.54, 1.807) is 0 Å². The van der Waals surface area contributed by atoms with E-state index in [4.69, 9.17) is 5.73 Å². The predicted octanol–water partition coefficient (Wildman–Crippen LogP) is 1.76. The summed E-state index contributed by atoms with van der Waals surface area (Å²) in [4.78, 5) is 22.5. The van der Waals surface area contributed by atoms with Gasteiger partial charge in [-0.05, 0) is 30.7 Å². The topological polar surface area (TPSA) is 72.2 Å². The van der Waals surface area contributed by atoms with Gasteiger partial charge in [0, 0.05) is 5.69 Å². The molecule has 2 amide bonds. The highest BCUT2D eigenvalue weighted by atomic mass is 32.2. The van der Waals surface area contributed by atoms with Crippen LogP contribution in [0.5, 0.6) is 0 Å². The molecule has 0 aliphatic rings. The Bertz CT molecular complexity index is 423. The van der Waals surface area contributed by atoms with Crippen LogP contribution in [0.25, 0.3) is 0 Å². The zero-order valence-corrected chi connectivity index (χ0v) is 10.8. The minimum atomic E-state index is -0.419. The molecule has 0 bridgehead atoms. The van der Waals surface area contributed by atoms with Crippen LogP contribution in [-0.4, -0.2) is 22.8 Å². The Morgan fingerprint density at radius 2 is 2.00 bits per heavy atom. The molecule has 0 radical (unpaired) electrons. The molecule has 0 aromatic heterocycles. The Morgan fingerprint density at radius 3 is 2.50 bits per heavy atom. The van der Waals surface area contributed by atoms with Crippen LogP contribution < -0.4 is 11.1 Å². The van der Waals surface area contributed by atoms with Gasteiger partial charge in [-0.1, -0.05) is 6.92 Å². The molecule has 0 fully saturated rings. The maximum Gasteiger partial charge on any atom is 0.234 e. The number of nitrogens with one attached hydrogen (secondary N) is 1. The smallest absolute Gasteiger partial charge is 0.234 e. The van der Waals surface area contributed by atoms with E-state index < -0.39 is 5.91 Å². The lowest BCUT2D eigenvalue weighted by molar-refractivity contribution is -0.117. The van der Waals surface area contributed by atoms with Crippen molar-refractivity contribution in [2.24, 2.45) is 5.73 Å². The number of primary amides is 1. The van der Waals surface area contributed by atoms with Crippen LogP contribution in [0.3, 0.4) is 0 Å². The lowest BCUT2D eigenvalue weighted by Crippen LogP contribution is -2.27. The average molecular weight is 270 g/mol. The van der Waals surface area contributed by atoms with Crippen LogP contribution in [0.1, 0.15) is 13.3 Å². The Morgan fingerprint density at radius 1 is 1.39 bits per heavy atom. The minimum absolute atomic E-state index is 0.138. The number of benzene rings is 1. The molecule has 0 saturated heterocycles. The number of carbonyl (C=O) groups excluding carboxylic acids is 2. The second-order valence-electron chi connectivity index (χ2n) is 3.67. The van der Waals surface area contributed by atoms with Crippen LogP contribution in [0.15, 0.2) is 24.3 Å². The fraction of sp³-hybridized carbons (Fsp3) is 0.333. The Kier molecular flexibility index (Phi) is 5.64. The van der Waals surface area contributed by atoms with Crippen molar-refractivity contribution in [1.82, 2.24) is 0 Å². The van der Waals surface area contributed by atoms with Gasteiger partial charge in [-0.3, -0.25) is 9.59 Å². The zero-order valence-electron chi connectivity index (χ0n) is 9.98. The molecule has 18 heavy (non-hydrogen) atoms. The Labute approximate surface area is 109 Å². The van der Waals surface area contributed by atoms with Crippen molar-refractivity contribution in [2.45, 2.75) is 18.6 Å². The predicted molar refractivity (Wildman–Crippen MR) is 70.8 cm³/mol. The number of carbonyl (C=O) groups is 2. The quantitative estimate of drug-likeness (QED) is 0.827. The van der Waals surface area contributed by atoms with Crippen molar-refractivity contribution >= 4 is 29.3 Å². The molecule has 0 saturated carbocycles. The van der Waals surface area contributed by atoms with E-state index >= 15 is 0 Å². The van der Waals surface area contributed by atoms with Gasteiger partial charge in [0.05, 0.1) is 11.0 Å². The standard InChI is InChI=1S/C12H15FN2O2S/c1-2-10(12(14)17)18-7-11(16)15-9-5-3-8(13)4-6-9/h3-6,10H,2,7H2,1H3,(H2,14,17)(H,15,16). The lowest BCUT2D eigenvalue weighted by Gasteiger charge is -2.10. The van der Waals surface area contributed by atoms with E-state index in [-0.39, 0.29) is 22.7 Å². The number of rotatable bonds is 6. The molecule has 98 valence electrons. The highest BCUT2D eigenvalue weighted by Gasteiger charge is 2.15. The summed E-state index contributed by atoms with van der Waals surface area (Å²) in [5.74, 6) is -0.885. The first-order valence-corrected chi connectivity index (χ1v) is 6.54. The van der Waals surface area contributed by atoms with Gasteiger partial charge >= 0.3 is 0 Å². The SMILES string of the molecule is CCC(SCC(=O)Nc1ccc(F)cc1)C(N)=O. The summed E-state index contributed by atoms with van der Waals surface area (Å²) in [6.45, 7) is 1.83. The highest BCUT2D eigenvalue weighted by Crippen LogP contribution is 2.15. The molecule has 0 aliphatic heterocycles. The van der Waals surface area contributed by atoms with Gasteiger partial charge in [0.1, 0.15) is 5.82 Å². The van der Waals surface area contributed by atoms with Gasteiger partial charge in [-0.25, -0.2) is 4.39 Å². The number of thioether (sulfide) groups is 1. The van der Waals surface area contributed by atoms with Crippen molar-refractivity contribution in [3.63, 3.8) is 0 Å². The third-order valence-electron chi connectivity index (χ3n) is 2.23. The van der Waals surface area contributed by atoms with Crippen LogP contribution >= 0.6 is 11.8 Å². The van der Waals surface area contributed by atoms with Gasteiger partial charge in [0.25, 0.3) is 0 Å². The first kappa shape index (κ1) is 14.5. The second-order valence-corrected chi connectivity index (χ2v) is 4.86. The summed E-state index contributed by atoms with van der Waals surface area (Å²) in [5.41, 5.74) is 5.69. The maximum atomic E-state index is 12.6. The fourth-order valence-corrected chi connectivity index (χ4v) is 2.13. The molecule has 1 aromatic rings. The molecule has 1 aromatic carbocycles. The number of hydrogen-bond donors (Lipinski definition) is 2. The molecule has 0 aliphatic carbocycles. The average Bonchev–Trinajstić information content (AvgIpc) is 2.32. The van der Waals surface area contributed by atoms with Gasteiger partial charge in [0.2, 0.25) is 11.8 Å². The molecule has 1 rings (SSSR count). The normalized spacial score (nSPS) is 11.9. The molecule has 0 spiro atoms. The molecular weight excluding hydrogens is 255 g/mol. The van der Waals surface area contributed by atoms with E-state index in [0.717, 1.165) is 0 Å². The number of amides is 2. The largest absolute Gasteiger partial charge is 0.369 e. The summed E-state index contributed by atoms with van der Waals surface area (Å²) >= 11 is 1.20. The third-order valence-corrected chi connectivity index (χ3v) is 3.63. The first-order valence-electron chi connectivity index (χ1n) is 5.49. The van der Waals surface area contributed by atoms with E-state index in [2.05, 4.69) is 5.32 Å². The van der Waals surface area contributed by atoms with Crippen LogP contribution in [0.4, 0.5) is 10.1 Å². The Balaban J connectivity index is 2.42. The summed E-state index contributed by atoms with van der Waals surface area (Å²) in [6, 6.07) is 5.48. The van der Waals surface area contributed by atoms with Gasteiger partial charge < -0.3 is 11.1 Å². The molecule has 1 unspecified atom stereocenters. The van der Waals surface area contributed by atoms with Gasteiger partial charge in [-0.2, -0.15) is 0 Å². The molecule has 3 N–H and O–H groups in total. The van der Waals surface area contributed by atoms with Crippen molar-refractivity contribution in [3.05, 3.63) is 30.1 Å². The van der Waals surface area contributed by atoms with E-state index in [1.807, 2.05) is 6.92 Å². The number of hydrogen-bond acceptors (Lipinski definition) is 3. The summed E-state index contributed by atoms with van der Waals surface area (Å²) < 4.78 is 12.6. The van der Waals surface area contributed by atoms with Gasteiger partial charge in [0.15, 0.2) is 0 Å².